The number of amides is 2. The number of carbonyl (C=O) groups excluding carboxylic acids is 2. The zero-order chi connectivity index (χ0) is 20.2. The summed E-state index contributed by atoms with van der Waals surface area (Å²) in [6.07, 6.45) is 0. The van der Waals surface area contributed by atoms with Crippen molar-refractivity contribution in [3.8, 4) is 5.75 Å². The Bertz CT molecular complexity index is 961. The van der Waals surface area contributed by atoms with Crippen molar-refractivity contribution < 1.29 is 22.7 Å². The predicted octanol–water partition coefficient (Wildman–Crippen LogP) is 1.75. The van der Waals surface area contributed by atoms with E-state index >= 15 is 0 Å². The topological polar surface area (TPSA) is 128 Å². The second-order valence-electron chi connectivity index (χ2n) is 5.57. The minimum atomic E-state index is -3.97. The molecule has 0 aliphatic rings. The second kappa shape index (κ2) is 8.38. The number of benzene rings is 2. The molecule has 0 saturated heterocycles. The summed E-state index contributed by atoms with van der Waals surface area (Å²) in [5.74, 6) is -0.835. The number of sulfonamides is 1. The molecule has 0 unspecified atom stereocenters. The summed E-state index contributed by atoms with van der Waals surface area (Å²) in [4.78, 5) is 23.2. The van der Waals surface area contributed by atoms with Gasteiger partial charge in [-0.15, -0.1) is 0 Å². The largest absolute Gasteiger partial charge is 0.495 e. The van der Waals surface area contributed by atoms with Crippen LogP contribution in [-0.4, -0.2) is 33.4 Å². The van der Waals surface area contributed by atoms with Crippen molar-refractivity contribution in [1.82, 2.24) is 4.72 Å². The number of rotatable bonds is 7. The molecule has 2 rings (SSSR count). The predicted molar refractivity (Wildman–Crippen MR) is 101 cm³/mol. The summed E-state index contributed by atoms with van der Waals surface area (Å²) in [6.45, 7) is 1.40. The number of ether oxygens (including phenoxy) is 1. The number of nitrogens with two attached hydrogens (primary N) is 1. The van der Waals surface area contributed by atoms with Gasteiger partial charge in [0.05, 0.1) is 23.1 Å². The average Bonchev–Trinajstić information content (AvgIpc) is 2.61. The van der Waals surface area contributed by atoms with Crippen molar-refractivity contribution in [3.63, 3.8) is 0 Å². The zero-order valence-electron chi connectivity index (χ0n) is 14.5. The first-order valence-electron chi connectivity index (χ1n) is 7.70. The molecule has 144 valence electrons. The number of hydrogen-bond donors (Lipinski definition) is 3. The molecule has 0 radical (unpaired) electrons. The first-order chi connectivity index (χ1) is 12.6. The lowest BCUT2D eigenvalue weighted by Crippen LogP contribution is -2.41. The van der Waals surface area contributed by atoms with Crippen molar-refractivity contribution in [2.75, 3.05) is 12.4 Å². The number of nitrogens with one attached hydrogen (secondary N) is 2. The Hall–Kier alpha value is -2.62. The molecule has 2 amide bonds. The standard InChI is InChI=1S/C17H18ClN3O5S/c1-10(17(23)20-12-5-3-11(4-6-12)16(19)22)21-27(24,25)13-7-8-15(26-2)14(18)9-13/h3-10,21H,1-2H3,(H2,19,22)(H,20,23)/t10-/m1/s1. The summed E-state index contributed by atoms with van der Waals surface area (Å²) < 4.78 is 32.1. The molecule has 10 heteroatoms. The Morgan fingerprint density at radius 1 is 1.15 bits per heavy atom. The Balaban J connectivity index is 2.08. The van der Waals surface area contributed by atoms with Crippen LogP contribution in [0.2, 0.25) is 5.02 Å². The molecule has 0 bridgehead atoms. The van der Waals surface area contributed by atoms with E-state index in [0.29, 0.717) is 11.4 Å². The molecule has 0 fully saturated rings. The van der Waals surface area contributed by atoms with Crippen molar-refractivity contribution in [1.29, 1.82) is 0 Å². The molecule has 2 aromatic carbocycles. The van der Waals surface area contributed by atoms with Gasteiger partial charge in [-0.2, -0.15) is 4.72 Å². The number of methoxy groups -OCH3 is 1. The Kier molecular flexibility index (Phi) is 6.42. The van der Waals surface area contributed by atoms with Crippen LogP contribution in [0.15, 0.2) is 47.4 Å². The number of halogens is 1. The quantitative estimate of drug-likeness (QED) is 0.639. The van der Waals surface area contributed by atoms with E-state index in [1.807, 2.05) is 0 Å². The van der Waals surface area contributed by atoms with E-state index in [1.54, 1.807) is 0 Å². The summed E-state index contributed by atoms with van der Waals surface area (Å²) in [5, 5.41) is 2.68. The van der Waals surface area contributed by atoms with Crippen LogP contribution in [0, 0.1) is 0 Å². The number of anilines is 1. The van der Waals surface area contributed by atoms with Gasteiger partial charge in [0, 0.05) is 11.3 Å². The molecule has 0 aromatic heterocycles. The monoisotopic (exact) mass is 411 g/mol. The average molecular weight is 412 g/mol. The van der Waals surface area contributed by atoms with Crippen LogP contribution in [0.3, 0.4) is 0 Å². The van der Waals surface area contributed by atoms with Gasteiger partial charge in [0.15, 0.2) is 0 Å². The zero-order valence-corrected chi connectivity index (χ0v) is 16.1. The van der Waals surface area contributed by atoms with E-state index in [2.05, 4.69) is 10.0 Å². The molecule has 27 heavy (non-hydrogen) atoms. The molecule has 0 aliphatic heterocycles. The lowest BCUT2D eigenvalue weighted by molar-refractivity contribution is -0.117. The van der Waals surface area contributed by atoms with Gasteiger partial charge in [0.2, 0.25) is 21.8 Å². The second-order valence-corrected chi connectivity index (χ2v) is 7.69. The van der Waals surface area contributed by atoms with Gasteiger partial charge in [-0.25, -0.2) is 8.42 Å². The fraction of sp³-hybridized carbons (Fsp3) is 0.176. The van der Waals surface area contributed by atoms with Gasteiger partial charge in [-0.1, -0.05) is 11.6 Å². The maximum atomic E-state index is 12.4. The van der Waals surface area contributed by atoms with Crippen molar-refractivity contribution in [3.05, 3.63) is 53.1 Å². The Morgan fingerprint density at radius 2 is 1.78 bits per heavy atom. The molecular weight excluding hydrogens is 394 g/mol. The van der Waals surface area contributed by atoms with Crippen LogP contribution in [0.5, 0.6) is 5.75 Å². The summed E-state index contributed by atoms with van der Waals surface area (Å²) in [5.41, 5.74) is 5.83. The van der Waals surface area contributed by atoms with Gasteiger partial charge in [-0.05, 0) is 49.4 Å². The van der Waals surface area contributed by atoms with E-state index in [-0.39, 0.29) is 15.5 Å². The van der Waals surface area contributed by atoms with Crippen LogP contribution in [0.25, 0.3) is 0 Å². The van der Waals surface area contributed by atoms with E-state index in [1.165, 1.54) is 56.5 Å². The number of primary amides is 1. The Morgan fingerprint density at radius 3 is 2.30 bits per heavy atom. The highest BCUT2D eigenvalue weighted by Gasteiger charge is 2.23. The molecular formula is C17H18ClN3O5S. The molecule has 8 nitrogen and oxygen atoms in total. The van der Waals surface area contributed by atoms with E-state index in [9.17, 15) is 18.0 Å². The molecule has 0 heterocycles. The van der Waals surface area contributed by atoms with Gasteiger partial charge < -0.3 is 15.8 Å². The molecule has 0 spiro atoms. The Labute approximate surface area is 161 Å². The first kappa shape index (κ1) is 20.7. The highest BCUT2D eigenvalue weighted by Crippen LogP contribution is 2.26. The number of carbonyl (C=O) groups is 2. The minimum absolute atomic E-state index is 0.0984. The highest BCUT2D eigenvalue weighted by molar-refractivity contribution is 7.89. The van der Waals surface area contributed by atoms with Crippen LogP contribution in [0.4, 0.5) is 5.69 Å². The summed E-state index contributed by atoms with van der Waals surface area (Å²) in [7, 11) is -2.56. The lowest BCUT2D eigenvalue weighted by atomic mass is 10.2. The lowest BCUT2D eigenvalue weighted by Gasteiger charge is -2.15. The fourth-order valence-electron chi connectivity index (χ4n) is 2.14. The third-order valence-electron chi connectivity index (χ3n) is 3.60. The number of hydrogen-bond acceptors (Lipinski definition) is 5. The molecule has 2 aromatic rings. The summed E-state index contributed by atoms with van der Waals surface area (Å²) >= 11 is 5.95. The molecule has 4 N–H and O–H groups in total. The van der Waals surface area contributed by atoms with Gasteiger partial charge >= 0.3 is 0 Å². The van der Waals surface area contributed by atoms with Crippen molar-refractivity contribution >= 4 is 39.1 Å². The maximum absolute atomic E-state index is 12.4. The minimum Gasteiger partial charge on any atom is -0.495 e. The third kappa shape index (κ3) is 5.19. The normalized spacial score (nSPS) is 12.3. The van der Waals surface area contributed by atoms with E-state index in [4.69, 9.17) is 22.1 Å². The van der Waals surface area contributed by atoms with Crippen molar-refractivity contribution in [2.45, 2.75) is 17.9 Å². The van der Waals surface area contributed by atoms with Crippen LogP contribution in [0.1, 0.15) is 17.3 Å². The first-order valence-corrected chi connectivity index (χ1v) is 9.57. The SMILES string of the molecule is COc1ccc(S(=O)(=O)N[C@H](C)C(=O)Nc2ccc(C(N)=O)cc2)cc1Cl. The summed E-state index contributed by atoms with van der Waals surface area (Å²) in [6, 6.07) is 8.79. The van der Waals surface area contributed by atoms with Crippen LogP contribution in [-0.2, 0) is 14.8 Å². The molecule has 1 atom stereocenters. The van der Waals surface area contributed by atoms with Gasteiger partial charge in [0.1, 0.15) is 5.75 Å². The molecule has 0 saturated carbocycles. The van der Waals surface area contributed by atoms with Crippen LogP contribution >= 0.6 is 11.6 Å². The van der Waals surface area contributed by atoms with Crippen LogP contribution < -0.4 is 20.5 Å². The smallest absolute Gasteiger partial charge is 0.248 e. The molecule has 0 aliphatic carbocycles. The van der Waals surface area contributed by atoms with Crippen molar-refractivity contribution in [2.24, 2.45) is 5.73 Å². The van der Waals surface area contributed by atoms with Gasteiger partial charge in [-0.3, -0.25) is 9.59 Å². The maximum Gasteiger partial charge on any atom is 0.248 e. The third-order valence-corrected chi connectivity index (χ3v) is 5.43. The van der Waals surface area contributed by atoms with Gasteiger partial charge in [0.25, 0.3) is 0 Å². The van der Waals surface area contributed by atoms with E-state index < -0.39 is 27.9 Å². The highest BCUT2D eigenvalue weighted by atomic mass is 35.5. The van der Waals surface area contributed by atoms with E-state index in [0.717, 1.165) is 0 Å². The fourth-order valence-corrected chi connectivity index (χ4v) is 3.69.